The van der Waals surface area contributed by atoms with Crippen molar-refractivity contribution in [3.63, 3.8) is 0 Å². The number of allylic oxidation sites excluding steroid dienone is 1. The summed E-state index contributed by atoms with van der Waals surface area (Å²) >= 11 is 3.18. The van der Waals surface area contributed by atoms with Crippen LogP contribution in [0, 0.1) is 0 Å². The van der Waals surface area contributed by atoms with E-state index < -0.39 is 0 Å². The number of rotatable bonds is 3. The lowest BCUT2D eigenvalue weighted by atomic mass is 10.5. The zero-order valence-electron chi connectivity index (χ0n) is 5.48. The van der Waals surface area contributed by atoms with Crippen LogP contribution >= 0.6 is 15.9 Å². The molecule has 0 N–H and O–H groups in total. The van der Waals surface area contributed by atoms with Crippen LogP contribution in [0.2, 0.25) is 0 Å². The van der Waals surface area contributed by atoms with Crippen molar-refractivity contribution in [2.24, 2.45) is 0 Å². The van der Waals surface area contributed by atoms with E-state index in [2.05, 4.69) is 27.2 Å². The molecular formula is C6H9BrO2. The highest BCUT2D eigenvalue weighted by molar-refractivity contribution is 9.11. The van der Waals surface area contributed by atoms with Gasteiger partial charge in [0, 0.05) is 0 Å². The van der Waals surface area contributed by atoms with Gasteiger partial charge in [-0.25, -0.2) is 0 Å². The molecule has 0 amide bonds. The zero-order valence-corrected chi connectivity index (χ0v) is 7.06. The summed E-state index contributed by atoms with van der Waals surface area (Å²) in [6, 6.07) is 0. The zero-order chi connectivity index (χ0) is 7.28. The van der Waals surface area contributed by atoms with Crippen molar-refractivity contribution in [3.05, 3.63) is 23.1 Å². The van der Waals surface area contributed by atoms with E-state index >= 15 is 0 Å². The van der Waals surface area contributed by atoms with Gasteiger partial charge in [0.25, 0.3) is 0 Å². The first-order valence-corrected chi connectivity index (χ1v) is 3.13. The lowest BCUT2D eigenvalue weighted by molar-refractivity contribution is 0.297. The fraction of sp³-hybridized carbons (Fsp3) is 0.333. The molecule has 3 heteroatoms. The summed E-state index contributed by atoms with van der Waals surface area (Å²) in [6.45, 7) is 3.57. The molecule has 0 aliphatic heterocycles. The normalized spacial score (nSPS) is 10.8. The fourth-order valence-corrected chi connectivity index (χ4v) is 0.615. The van der Waals surface area contributed by atoms with Crippen LogP contribution in [0.4, 0.5) is 0 Å². The Labute approximate surface area is 63.3 Å². The van der Waals surface area contributed by atoms with Gasteiger partial charge in [-0.1, -0.05) is 6.58 Å². The highest BCUT2D eigenvalue weighted by Gasteiger charge is 1.95. The molecule has 0 aromatic carbocycles. The molecule has 0 rings (SSSR count). The third-order valence-corrected chi connectivity index (χ3v) is 1.36. The molecule has 0 bridgehead atoms. The van der Waals surface area contributed by atoms with Crippen LogP contribution in [0.25, 0.3) is 0 Å². The minimum Gasteiger partial charge on any atom is -0.503 e. The van der Waals surface area contributed by atoms with Gasteiger partial charge < -0.3 is 9.47 Å². The van der Waals surface area contributed by atoms with Crippen LogP contribution in [0.15, 0.2) is 23.1 Å². The van der Waals surface area contributed by atoms with Crippen LogP contribution in [-0.2, 0) is 9.47 Å². The first-order chi connectivity index (χ1) is 4.22. The average Bonchev–Trinajstić information content (AvgIpc) is 1.87. The second-order valence-electron chi connectivity index (χ2n) is 1.33. The molecule has 0 aliphatic rings. The second-order valence-corrected chi connectivity index (χ2v) is 2.18. The molecule has 0 heterocycles. The van der Waals surface area contributed by atoms with E-state index in [0.29, 0.717) is 10.2 Å². The Hall–Kier alpha value is -0.440. The molecule has 0 saturated carbocycles. The fourth-order valence-electron chi connectivity index (χ4n) is 0.267. The van der Waals surface area contributed by atoms with E-state index in [4.69, 9.17) is 4.74 Å². The van der Waals surface area contributed by atoms with Gasteiger partial charge in [0.1, 0.15) is 12.0 Å². The SMILES string of the molecule is C=C(OC)/C(Br)=C/OC. The van der Waals surface area contributed by atoms with Crippen molar-refractivity contribution in [1.82, 2.24) is 0 Å². The third kappa shape index (κ3) is 3.19. The number of hydrogen-bond donors (Lipinski definition) is 0. The third-order valence-electron chi connectivity index (χ3n) is 0.734. The summed E-state index contributed by atoms with van der Waals surface area (Å²) in [6.07, 6.45) is 1.51. The van der Waals surface area contributed by atoms with Gasteiger partial charge in [-0.3, -0.25) is 0 Å². The molecule has 9 heavy (non-hydrogen) atoms. The largest absolute Gasteiger partial charge is 0.503 e. The average molecular weight is 193 g/mol. The lowest BCUT2D eigenvalue weighted by Crippen LogP contribution is -1.83. The van der Waals surface area contributed by atoms with E-state index in [1.165, 1.54) is 6.26 Å². The van der Waals surface area contributed by atoms with Crippen molar-refractivity contribution < 1.29 is 9.47 Å². The predicted molar refractivity (Wildman–Crippen MR) is 40.2 cm³/mol. The van der Waals surface area contributed by atoms with E-state index in [1.54, 1.807) is 14.2 Å². The molecule has 0 aromatic heterocycles. The Kier molecular flexibility index (Phi) is 4.22. The van der Waals surface area contributed by atoms with E-state index in [0.717, 1.165) is 0 Å². The maximum atomic E-state index is 4.77. The minimum absolute atomic E-state index is 0.553. The molecule has 0 unspecified atom stereocenters. The topological polar surface area (TPSA) is 18.5 Å². The van der Waals surface area contributed by atoms with E-state index in [-0.39, 0.29) is 0 Å². The van der Waals surface area contributed by atoms with Gasteiger partial charge >= 0.3 is 0 Å². The molecule has 0 aromatic rings. The Bertz CT molecular complexity index is 129. The van der Waals surface area contributed by atoms with Crippen molar-refractivity contribution in [1.29, 1.82) is 0 Å². The number of ether oxygens (including phenoxy) is 2. The van der Waals surface area contributed by atoms with E-state index in [1.807, 2.05) is 0 Å². The molecule has 0 fully saturated rings. The highest BCUT2D eigenvalue weighted by atomic mass is 79.9. The van der Waals surface area contributed by atoms with Crippen molar-refractivity contribution in [3.8, 4) is 0 Å². The Morgan fingerprint density at radius 1 is 1.56 bits per heavy atom. The second kappa shape index (κ2) is 4.44. The van der Waals surface area contributed by atoms with Crippen molar-refractivity contribution in [2.45, 2.75) is 0 Å². The monoisotopic (exact) mass is 192 g/mol. The highest BCUT2D eigenvalue weighted by Crippen LogP contribution is 2.14. The molecule has 0 saturated heterocycles. The number of hydrogen-bond acceptors (Lipinski definition) is 2. The Morgan fingerprint density at radius 3 is 2.44 bits per heavy atom. The molecule has 52 valence electrons. The molecular weight excluding hydrogens is 184 g/mol. The van der Waals surface area contributed by atoms with Crippen molar-refractivity contribution >= 4 is 15.9 Å². The number of methoxy groups -OCH3 is 2. The smallest absolute Gasteiger partial charge is 0.129 e. The quantitative estimate of drug-likeness (QED) is 0.504. The maximum Gasteiger partial charge on any atom is 0.129 e. The standard InChI is InChI=1S/C6H9BrO2/c1-5(9-3)6(7)4-8-2/h4H,1H2,2-3H3/b6-4-. The van der Waals surface area contributed by atoms with Gasteiger partial charge in [-0.15, -0.1) is 0 Å². The predicted octanol–water partition coefficient (Wildman–Crippen LogP) is 2.03. The molecule has 0 aliphatic carbocycles. The van der Waals surface area contributed by atoms with Crippen LogP contribution in [0.5, 0.6) is 0 Å². The number of halogens is 1. The molecule has 0 atom stereocenters. The summed E-state index contributed by atoms with van der Waals surface area (Å²) < 4.78 is 10.2. The lowest BCUT2D eigenvalue weighted by Gasteiger charge is -2.00. The van der Waals surface area contributed by atoms with Crippen LogP contribution in [0.3, 0.4) is 0 Å². The van der Waals surface area contributed by atoms with Crippen LogP contribution in [0.1, 0.15) is 0 Å². The Balaban J connectivity index is 3.86. The minimum atomic E-state index is 0.553. The van der Waals surface area contributed by atoms with Crippen LogP contribution < -0.4 is 0 Å². The van der Waals surface area contributed by atoms with Gasteiger partial charge in [0.2, 0.25) is 0 Å². The summed E-state index contributed by atoms with van der Waals surface area (Å²) in [7, 11) is 3.11. The van der Waals surface area contributed by atoms with Gasteiger partial charge in [-0.05, 0) is 15.9 Å². The summed E-state index contributed by atoms with van der Waals surface area (Å²) in [4.78, 5) is 0. The molecule has 0 radical (unpaired) electrons. The van der Waals surface area contributed by atoms with Crippen molar-refractivity contribution in [2.75, 3.05) is 14.2 Å². The summed E-state index contributed by atoms with van der Waals surface area (Å²) in [5.41, 5.74) is 0. The maximum absolute atomic E-state index is 4.77. The molecule has 2 nitrogen and oxygen atoms in total. The first kappa shape index (κ1) is 8.56. The van der Waals surface area contributed by atoms with E-state index in [9.17, 15) is 0 Å². The summed E-state index contributed by atoms with van der Waals surface area (Å²) in [5.74, 6) is 0.553. The molecule has 0 spiro atoms. The van der Waals surface area contributed by atoms with Gasteiger partial charge in [0.05, 0.1) is 18.7 Å². The van der Waals surface area contributed by atoms with Gasteiger partial charge in [0.15, 0.2) is 0 Å². The van der Waals surface area contributed by atoms with Crippen LogP contribution in [-0.4, -0.2) is 14.2 Å². The first-order valence-electron chi connectivity index (χ1n) is 2.34. The summed E-state index contributed by atoms with van der Waals surface area (Å²) in [5, 5.41) is 0. The van der Waals surface area contributed by atoms with Gasteiger partial charge in [-0.2, -0.15) is 0 Å². The Morgan fingerprint density at radius 2 is 2.11 bits per heavy atom.